The highest BCUT2D eigenvalue weighted by molar-refractivity contribution is 5.76. The molecule has 1 aromatic rings. The standard InChI is InChI=1S/C19H26N2O4/c1-23-17-8-14-10-20-9-13(14)7-15(17)21-19(22)5-3-12-2-4-16-18(6-12)25-11-24-16/h2,4,6,13-15,17,20H,3,5,7-11H2,1H3,(H,21,22)/t13-,14+,15-,17-/m0/s1. The largest absolute Gasteiger partial charge is 0.454 e. The highest BCUT2D eigenvalue weighted by Crippen LogP contribution is 2.34. The van der Waals surface area contributed by atoms with Crippen LogP contribution in [0.2, 0.25) is 0 Å². The van der Waals surface area contributed by atoms with E-state index < -0.39 is 0 Å². The van der Waals surface area contributed by atoms with Crippen LogP contribution >= 0.6 is 0 Å². The van der Waals surface area contributed by atoms with E-state index in [1.54, 1.807) is 7.11 Å². The molecule has 0 unspecified atom stereocenters. The second-order valence-corrected chi connectivity index (χ2v) is 7.29. The zero-order valence-corrected chi connectivity index (χ0v) is 14.6. The van der Waals surface area contributed by atoms with Crippen LogP contribution in [0.15, 0.2) is 18.2 Å². The molecule has 0 spiro atoms. The van der Waals surface area contributed by atoms with E-state index in [1.165, 1.54) is 0 Å². The first-order valence-corrected chi connectivity index (χ1v) is 9.14. The smallest absolute Gasteiger partial charge is 0.231 e. The Labute approximate surface area is 148 Å². The number of carbonyl (C=O) groups excluding carboxylic acids is 1. The molecule has 1 saturated carbocycles. The van der Waals surface area contributed by atoms with Gasteiger partial charge in [-0.1, -0.05) is 6.07 Å². The molecule has 1 aliphatic carbocycles. The molecule has 1 aromatic carbocycles. The minimum absolute atomic E-state index is 0.0918. The summed E-state index contributed by atoms with van der Waals surface area (Å²) >= 11 is 0. The predicted molar refractivity (Wildman–Crippen MR) is 92.7 cm³/mol. The maximum atomic E-state index is 12.4. The Balaban J connectivity index is 1.30. The van der Waals surface area contributed by atoms with Gasteiger partial charge in [0.2, 0.25) is 12.7 Å². The van der Waals surface area contributed by atoms with Crippen LogP contribution in [-0.4, -0.2) is 45.0 Å². The first-order chi connectivity index (χ1) is 12.2. The zero-order valence-electron chi connectivity index (χ0n) is 14.6. The minimum Gasteiger partial charge on any atom is -0.454 e. The SMILES string of the molecule is CO[C@H]1C[C@@H]2CNC[C@@H]2C[C@@H]1NC(=O)CCc1ccc2c(c1)OCO2. The van der Waals surface area contributed by atoms with Crippen molar-refractivity contribution in [3.8, 4) is 11.5 Å². The van der Waals surface area contributed by atoms with Crippen LogP contribution in [0.5, 0.6) is 11.5 Å². The fourth-order valence-corrected chi connectivity index (χ4v) is 4.33. The Bertz CT molecular complexity index is 636. The third-order valence-electron chi connectivity index (χ3n) is 5.75. The molecule has 2 fully saturated rings. The van der Waals surface area contributed by atoms with E-state index in [0.29, 0.717) is 24.7 Å². The van der Waals surface area contributed by atoms with Crippen molar-refractivity contribution in [1.29, 1.82) is 0 Å². The summed E-state index contributed by atoms with van der Waals surface area (Å²) in [7, 11) is 1.75. The van der Waals surface area contributed by atoms with E-state index in [-0.39, 0.29) is 24.8 Å². The summed E-state index contributed by atoms with van der Waals surface area (Å²) in [6.45, 7) is 2.41. The average Bonchev–Trinajstić information content (AvgIpc) is 3.27. The maximum absolute atomic E-state index is 12.4. The van der Waals surface area contributed by atoms with Crippen LogP contribution in [0.25, 0.3) is 0 Å². The summed E-state index contributed by atoms with van der Waals surface area (Å²) in [5.74, 6) is 2.98. The molecule has 1 saturated heterocycles. The zero-order chi connectivity index (χ0) is 17.2. The van der Waals surface area contributed by atoms with E-state index >= 15 is 0 Å². The van der Waals surface area contributed by atoms with Crippen molar-refractivity contribution in [3.05, 3.63) is 23.8 Å². The van der Waals surface area contributed by atoms with Gasteiger partial charge >= 0.3 is 0 Å². The lowest BCUT2D eigenvalue weighted by molar-refractivity contribution is -0.123. The number of hydrogen-bond acceptors (Lipinski definition) is 5. The van der Waals surface area contributed by atoms with Gasteiger partial charge in [0.15, 0.2) is 11.5 Å². The molecule has 2 heterocycles. The molecule has 2 aliphatic heterocycles. The number of rotatable bonds is 5. The molecule has 0 aromatic heterocycles. The maximum Gasteiger partial charge on any atom is 0.231 e. The molecule has 4 rings (SSSR count). The van der Waals surface area contributed by atoms with Gasteiger partial charge < -0.3 is 24.8 Å². The highest BCUT2D eigenvalue weighted by atomic mass is 16.7. The van der Waals surface area contributed by atoms with Gasteiger partial charge in [0.25, 0.3) is 0 Å². The van der Waals surface area contributed by atoms with E-state index in [1.807, 2.05) is 18.2 Å². The number of methoxy groups -OCH3 is 1. The Morgan fingerprint density at radius 2 is 2.04 bits per heavy atom. The molecule has 3 aliphatic rings. The van der Waals surface area contributed by atoms with E-state index in [4.69, 9.17) is 14.2 Å². The summed E-state index contributed by atoms with van der Waals surface area (Å²) in [5.41, 5.74) is 1.09. The van der Waals surface area contributed by atoms with Crippen LogP contribution in [0, 0.1) is 11.8 Å². The van der Waals surface area contributed by atoms with Gasteiger partial charge in [-0.2, -0.15) is 0 Å². The summed E-state index contributed by atoms with van der Waals surface area (Å²) in [6.07, 6.45) is 3.32. The number of amides is 1. The van der Waals surface area contributed by atoms with Crippen molar-refractivity contribution in [2.24, 2.45) is 11.8 Å². The normalized spacial score (nSPS) is 30.1. The average molecular weight is 346 g/mol. The lowest BCUT2D eigenvalue weighted by Crippen LogP contribution is -2.50. The summed E-state index contributed by atoms with van der Waals surface area (Å²) in [6, 6.07) is 5.98. The third-order valence-corrected chi connectivity index (χ3v) is 5.75. The fraction of sp³-hybridized carbons (Fsp3) is 0.632. The van der Waals surface area contributed by atoms with Crippen molar-refractivity contribution in [2.45, 2.75) is 37.8 Å². The number of nitrogens with one attached hydrogen (secondary N) is 2. The van der Waals surface area contributed by atoms with Crippen LogP contribution in [-0.2, 0) is 16.0 Å². The van der Waals surface area contributed by atoms with Crippen LogP contribution in [0.1, 0.15) is 24.8 Å². The second-order valence-electron chi connectivity index (χ2n) is 7.29. The van der Waals surface area contributed by atoms with Gasteiger partial charge in [0.1, 0.15) is 0 Å². The topological polar surface area (TPSA) is 68.8 Å². The monoisotopic (exact) mass is 346 g/mol. The van der Waals surface area contributed by atoms with Gasteiger partial charge in [-0.3, -0.25) is 4.79 Å². The van der Waals surface area contributed by atoms with E-state index in [9.17, 15) is 4.79 Å². The van der Waals surface area contributed by atoms with Gasteiger partial charge in [0.05, 0.1) is 12.1 Å². The number of benzene rings is 1. The van der Waals surface area contributed by atoms with Crippen molar-refractivity contribution in [3.63, 3.8) is 0 Å². The fourth-order valence-electron chi connectivity index (χ4n) is 4.33. The first kappa shape index (κ1) is 16.7. The molecule has 2 N–H and O–H groups in total. The number of carbonyl (C=O) groups is 1. The number of hydrogen-bond donors (Lipinski definition) is 2. The van der Waals surface area contributed by atoms with Crippen molar-refractivity contribution >= 4 is 5.91 Å². The Morgan fingerprint density at radius 1 is 1.24 bits per heavy atom. The minimum atomic E-state index is 0.0918. The molecule has 4 atom stereocenters. The Morgan fingerprint density at radius 3 is 2.88 bits per heavy atom. The lowest BCUT2D eigenvalue weighted by atomic mass is 9.77. The van der Waals surface area contributed by atoms with Gasteiger partial charge in [0, 0.05) is 13.5 Å². The molecule has 1 amide bonds. The highest BCUT2D eigenvalue weighted by Gasteiger charge is 2.40. The van der Waals surface area contributed by atoms with E-state index in [0.717, 1.165) is 43.0 Å². The van der Waals surface area contributed by atoms with Crippen LogP contribution in [0.3, 0.4) is 0 Å². The second kappa shape index (κ2) is 7.22. The van der Waals surface area contributed by atoms with Gasteiger partial charge in [-0.25, -0.2) is 0 Å². The van der Waals surface area contributed by atoms with Gasteiger partial charge in [-0.05, 0) is 61.9 Å². The van der Waals surface area contributed by atoms with Crippen molar-refractivity contribution < 1.29 is 19.0 Å². The molecule has 6 heteroatoms. The molecule has 136 valence electrons. The number of fused-ring (bicyclic) bond motifs is 2. The Kier molecular flexibility index (Phi) is 4.81. The van der Waals surface area contributed by atoms with Gasteiger partial charge in [-0.15, -0.1) is 0 Å². The predicted octanol–water partition coefficient (Wildman–Crippen LogP) is 1.48. The first-order valence-electron chi connectivity index (χ1n) is 9.14. The lowest BCUT2D eigenvalue weighted by Gasteiger charge is -2.37. The molecule has 6 nitrogen and oxygen atoms in total. The Hall–Kier alpha value is -1.79. The molecule has 25 heavy (non-hydrogen) atoms. The molecule has 0 bridgehead atoms. The number of aryl methyl sites for hydroxylation is 1. The van der Waals surface area contributed by atoms with Crippen LogP contribution < -0.4 is 20.1 Å². The molecule has 0 radical (unpaired) electrons. The van der Waals surface area contributed by atoms with E-state index in [2.05, 4.69) is 10.6 Å². The summed E-state index contributed by atoms with van der Waals surface area (Å²) in [4.78, 5) is 12.4. The third kappa shape index (κ3) is 3.60. The van der Waals surface area contributed by atoms with Crippen molar-refractivity contribution in [2.75, 3.05) is 27.0 Å². The number of ether oxygens (including phenoxy) is 3. The molecular weight excluding hydrogens is 320 g/mol. The quantitative estimate of drug-likeness (QED) is 0.845. The van der Waals surface area contributed by atoms with Crippen molar-refractivity contribution in [1.82, 2.24) is 10.6 Å². The van der Waals surface area contributed by atoms with Crippen LogP contribution in [0.4, 0.5) is 0 Å². The summed E-state index contributed by atoms with van der Waals surface area (Å²) < 4.78 is 16.4. The molecular formula is C19H26N2O4. The summed E-state index contributed by atoms with van der Waals surface area (Å²) in [5, 5.41) is 6.67.